The SMILES string of the molecule is CCC(CC)(Cc1ccc(N)cc1)c1ccc(N)c(CC(CC)(CC)c2ccc(N)cc2)c1. The van der Waals surface area contributed by atoms with Crippen LogP contribution in [0.1, 0.15) is 75.6 Å². The second-order valence-electron chi connectivity index (χ2n) is 9.61. The van der Waals surface area contributed by atoms with Gasteiger partial charge in [-0.2, -0.15) is 0 Å². The van der Waals surface area contributed by atoms with Crippen LogP contribution in [0.3, 0.4) is 0 Å². The Labute approximate surface area is 200 Å². The van der Waals surface area contributed by atoms with Crippen molar-refractivity contribution in [2.45, 2.75) is 77.0 Å². The summed E-state index contributed by atoms with van der Waals surface area (Å²) in [5, 5.41) is 0. The normalized spacial score (nSPS) is 12.1. The van der Waals surface area contributed by atoms with Gasteiger partial charge in [0, 0.05) is 17.1 Å². The van der Waals surface area contributed by atoms with Crippen LogP contribution in [0.25, 0.3) is 0 Å². The summed E-state index contributed by atoms with van der Waals surface area (Å²) in [7, 11) is 0. The van der Waals surface area contributed by atoms with E-state index in [1.165, 1.54) is 22.3 Å². The monoisotopic (exact) mass is 443 g/mol. The predicted molar refractivity (Wildman–Crippen MR) is 144 cm³/mol. The first-order valence-electron chi connectivity index (χ1n) is 12.4. The summed E-state index contributed by atoms with van der Waals surface area (Å²) in [6, 6.07) is 23.5. The zero-order valence-corrected chi connectivity index (χ0v) is 20.8. The highest BCUT2D eigenvalue weighted by molar-refractivity contribution is 5.52. The van der Waals surface area contributed by atoms with Crippen LogP contribution in [0.5, 0.6) is 0 Å². The summed E-state index contributed by atoms with van der Waals surface area (Å²) in [6.45, 7) is 9.16. The third-order valence-corrected chi connectivity index (χ3v) is 8.04. The summed E-state index contributed by atoms with van der Waals surface area (Å²) < 4.78 is 0. The highest BCUT2D eigenvalue weighted by Crippen LogP contribution is 2.40. The number of nitrogen functional groups attached to an aromatic ring is 3. The number of anilines is 3. The highest BCUT2D eigenvalue weighted by atomic mass is 14.6. The number of rotatable bonds is 10. The molecule has 0 aliphatic rings. The minimum Gasteiger partial charge on any atom is -0.399 e. The first kappa shape index (κ1) is 24.7. The standard InChI is InChI=1S/C30H41N3/c1-5-29(6-2,20-22-9-14-26(31)15-10-22)25-13-18-28(33)23(19-25)21-30(7-3,8-4)24-11-16-27(32)17-12-24/h9-19H,5-8,20-21,31-33H2,1-4H3. The molecule has 3 nitrogen and oxygen atoms in total. The van der Waals surface area contributed by atoms with Crippen molar-refractivity contribution in [3.8, 4) is 0 Å². The summed E-state index contributed by atoms with van der Waals surface area (Å²) in [5.41, 5.74) is 26.4. The maximum Gasteiger partial charge on any atom is 0.0347 e. The minimum absolute atomic E-state index is 0.0402. The van der Waals surface area contributed by atoms with E-state index in [-0.39, 0.29) is 10.8 Å². The van der Waals surface area contributed by atoms with Crippen LogP contribution >= 0.6 is 0 Å². The van der Waals surface area contributed by atoms with E-state index in [0.29, 0.717) is 0 Å². The van der Waals surface area contributed by atoms with Gasteiger partial charge < -0.3 is 17.2 Å². The van der Waals surface area contributed by atoms with Gasteiger partial charge in [0.2, 0.25) is 0 Å². The molecule has 3 aromatic rings. The van der Waals surface area contributed by atoms with Crippen LogP contribution in [0.15, 0.2) is 66.7 Å². The van der Waals surface area contributed by atoms with E-state index in [4.69, 9.17) is 17.2 Å². The van der Waals surface area contributed by atoms with Gasteiger partial charge in [-0.05, 0) is 102 Å². The molecular formula is C30H41N3. The Balaban J connectivity index is 2.01. The molecule has 0 spiro atoms. The average Bonchev–Trinajstić information content (AvgIpc) is 2.84. The fourth-order valence-electron chi connectivity index (χ4n) is 5.34. The van der Waals surface area contributed by atoms with Gasteiger partial charge in [0.25, 0.3) is 0 Å². The summed E-state index contributed by atoms with van der Waals surface area (Å²) in [6.07, 6.45) is 6.16. The fraction of sp³-hybridized carbons (Fsp3) is 0.400. The first-order chi connectivity index (χ1) is 15.8. The van der Waals surface area contributed by atoms with Crippen molar-refractivity contribution < 1.29 is 0 Å². The molecule has 3 aromatic carbocycles. The van der Waals surface area contributed by atoms with Crippen molar-refractivity contribution in [2.75, 3.05) is 17.2 Å². The molecule has 0 amide bonds. The van der Waals surface area contributed by atoms with Crippen LogP contribution in [-0.2, 0) is 23.7 Å². The maximum atomic E-state index is 6.57. The molecule has 0 aliphatic heterocycles. The molecule has 33 heavy (non-hydrogen) atoms. The molecule has 176 valence electrons. The number of hydrogen-bond donors (Lipinski definition) is 3. The van der Waals surface area contributed by atoms with Crippen LogP contribution in [0.2, 0.25) is 0 Å². The maximum absolute atomic E-state index is 6.57. The molecule has 0 aromatic heterocycles. The Bertz CT molecular complexity index is 1030. The second kappa shape index (κ2) is 10.3. The molecule has 3 heteroatoms. The second-order valence-corrected chi connectivity index (χ2v) is 9.61. The van der Waals surface area contributed by atoms with Crippen LogP contribution < -0.4 is 17.2 Å². The number of hydrogen-bond acceptors (Lipinski definition) is 3. The Kier molecular flexibility index (Phi) is 7.73. The molecule has 0 bridgehead atoms. The Morgan fingerprint density at radius 1 is 0.545 bits per heavy atom. The third kappa shape index (κ3) is 5.19. The lowest BCUT2D eigenvalue weighted by atomic mass is 9.69. The molecule has 0 unspecified atom stereocenters. The average molecular weight is 444 g/mol. The summed E-state index contributed by atoms with van der Waals surface area (Å²) in [4.78, 5) is 0. The van der Waals surface area contributed by atoms with Gasteiger partial charge in [0.05, 0.1) is 0 Å². The van der Waals surface area contributed by atoms with Crippen LogP contribution in [-0.4, -0.2) is 0 Å². The smallest absolute Gasteiger partial charge is 0.0347 e. The first-order valence-corrected chi connectivity index (χ1v) is 12.4. The third-order valence-electron chi connectivity index (χ3n) is 8.04. The zero-order chi connectivity index (χ0) is 24.1. The lowest BCUT2D eigenvalue weighted by Crippen LogP contribution is -2.30. The van der Waals surface area contributed by atoms with Crippen molar-refractivity contribution in [3.63, 3.8) is 0 Å². The van der Waals surface area contributed by atoms with Gasteiger partial charge in [-0.1, -0.05) is 64.1 Å². The van der Waals surface area contributed by atoms with E-state index in [2.05, 4.69) is 70.2 Å². The topological polar surface area (TPSA) is 78.1 Å². The molecule has 0 radical (unpaired) electrons. The van der Waals surface area contributed by atoms with Gasteiger partial charge in [0.1, 0.15) is 0 Å². The van der Waals surface area contributed by atoms with Crippen LogP contribution in [0.4, 0.5) is 17.1 Å². The number of benzene rings is 3. The Hall–Kier alpha value is -2.94. The highest BCUT2D eigenvalue weighted by Gasteiger charge is 2.32. The molecule has 3 rings (SSSR count). The van der Waals surface area contributed by atoms with Crippen molar-refractivity contribution >= 4 is 17.1 Å². The van der Waals surface area contributed by atoms with E-state index in [1.807, 2.05) is 24.3 Å². The van der Waals surface area contributed by atoms with E-state index < -0.39 is 0 Å². The van der Waals surface area contributed by atoms with Crippen molar-refractivity contribution in [1.29, 1.82) is 0 Å². The van der Waals surface area contributed by atoms with Crippen molar-refractivity contribution in [1.82, 2.24) is 0 Å². The molecule has 0 fully saturated rings. The fourth-order valence-corrected chi connectivity index (χ4v) is 5.34. The van der Waals surface area contributed by atoms with E-state index in [9.17, 15) is 0 Å². The van der Waals surface area contributed by atoms with Gasteiger partial charge in [-0.25, -0.2) is 0 Å². The molecular weight excluding hydrogens is 402 g/mol. The predicted octanol–water partition coefficient (Wildman–Crippen LogP) is 7.03. The minimum atomic E-state index is 0.0402. The lowest BCUT2D eigenvalue weighted by molar-refractivity contribution is 0.385. The molecule has 0 saturated carbocycles. The van der Waals surface area contributed by atoms with Gasteiger partial charge in [-0.3, -0.25) is 0 Å². The van der Waals surface area contributed by atoms with Crippen molar-refractivity contribution in [2.24, 2.45) is 0 Å². The van der Waals surface area contributed by atoms with Crippen LogP contribution in [0, 0.1) is 0 Å². The quantitative estimate of drug-likeness (QED) is 0.294. The lowest BCUT2D eigenvalue weighted by Gasteiger charge is -2.36. The molecule has 0 saturated heterocycles. The molecule has 0 heterocycles. The molecule has 0 atom stereocenters. The number of nitrogens with two attached hydrogens (primary N) is 3. The largest absolute Gasteiger partial charge is 0.399 e. The van der Waals surface area contributed by atoms with Gasteiger partial charge in [0.15, 0.2) is 0 Å². The Morgan fingerprint density at radius 3 is 1.52 bits per heavy atom. The molecule has 6 N–H and O–H groups in total. The van der Waals surface area contributed by atoms with E-state index >= 15 is 0 Å². The van der Waals surface area contributed by atoms with Gasteiger partial charge in [-0.15, -0.1) is 0 Å². The van der Waals surface area contributed by atoms with Gasteiger partial charge >= 0.3 is 0 Å². The summed E-state index contributed by atoms with van der Waals surface area (Å²) >= 11 is 0. The summed E-state index contributed by atoms with van der Waals surface area (Å²) in [5.74, 6) is 0. The van der Waals surface area contributed by atoms with Crippen molar-refractivity contribution in [3.05, 3.63) is 89.0 Å². The zero-order valence-electron chi connectivity index (χ0n) is 20.8. The van der Waals surface area contributed by atoms with E-state index in [0.717, 1.165) is 55.6 Å². The van der Waals surface area contributed by atoms with E-state index in [1.54, 1.807) is 0 Å². The molecule has 0 aliphatic carbocycles. The Morgan fingerprint density at radius 2 is 1.00 bits per heavy atom.